The summed E-state index contributed by atoms with van der Waals surface area (Å²) in [4.78, 5) is 9.16. The third kappa shape index (κ3) is 3.12. The van der Waals surface area contributed by atoms with Crippen molar-refractivity contribution < 1.29 is 0 Å². The van der Waals surface area contributed by atoms with Gasteiger partial charge in [-0.2, -0.15) is 0 Å². The van der Waals surface area contributed by atoms with Gasteiger partial charge in [0.25, 0.3) is 0 Å². The predicted molar refractivity (Wildman–Crippen MR) is 86.8 cm³/mol. The molecule has 0 amide bonds. The minimum Gasteiger partial charge on any atom is -0.369 e. The molecule has 2 aromatic heterocycles. The molecule has 2 heterocycles. The fourth-order valence-electron chi connectivity index (χ4n) is 3.18. The fraction of sp³-hybridized carbons (Fsp3) is 0.625. The monoisotopic (exact) mass is 287 g/mol. The number of nitrogens with one attached hydrogen (secondary N) is 2. The third-order valence-electron chi connectivity index (χ3n) is 4.42. The topological polar surface area (TPSA) is 54.2 Å². The van der Waals surface area contributed by atoms with Gasteiger partial charge in [-0.3, -0.25) is 0 Å². The number of hydrogen-bond donors (Lipinski definition) is 2. The van der Waals surface area contributed by atoms with E-state index in [2.05, 4.69) is 29.5 Å². The maximum absolute atomic E-state index is 4.72. The summed E-state index contributed by atoms with van der Waals surface area (Å²) in [5, 5.41) is 6.96. The highest BCUT2D eigenvalue weighted by Crippen LogP contribution is 2.27. The van der Waals surface area contributed by atoms with Crippen molar-refractivity contribution in [2.24, 2.45) is 5.92 Å². The largest absolute Gasteiger partial charge is 0.369 e. The Morgan fingerprint density at radius 3 is 3.00 bits per heavy atom. The molecule has 0 bridgehead atoms. The molecule has 1 aliphatic rings. The lowest BCUT2D eigenvalue weighted by Gasteiger charge is -2.23. The van der Waals surface area contributed by atoms with Crippen LogP contribution in [0.3, 0.4) is 0 Å². The van der Waals surface area contributed by atoms with Crippen molar-refractivity contribution in [2.45, 2.75) is 52.0 Å². The zero-order valence-electron chi connectivity index (χ0n) is 13.0. The van der Waals surface area contributed by atoms with E-state index in [0.29, 0.717) is 12.0 Å². The van der Waals surface area contributed by atoms with Crippen LogP contribution in [0, 0.1) is 5.92 Å². The van der Waals surface area contributed by atoms with E-state index in [-0.39, 0.29) is 0 Å². The molecule has 2 N–H and O–H groups in total. The third-order valence-corrected chi connectivity index (χ3v) is 4.42. The summed E-state index contributed by atoms with van der Waals surface area (Å²) in [5.74, 6) is 2.48. The Morgan fingerprint density at radius 2 is 2.14 bits per heavy atom. The molecule has 0 aromatic carbocycles. The van der Waals surface area contributed by atoms with Gasteiger partial charge in [-0.1, -0.05) is 26.2 Å². The molecular formula is C16H25N5. The Morgan fingerprint density at radius 1 is 1.29 bits per heavy atom. The van der Waals surface area contributed by atoms with Crippen molar-refractivity contribution in [1.82, 2.24) is 14.4 Å². The molecule has 2 unspecified atom stereocenters. The molecule has 114 valence electrons. The molecule has 0 spiro atoms. The smallest absolute Gasteiger partial charge is 0.180 e. The summed E-state index contributed by atoms with van der Waals surface area (Å²) in [6.45, 7) is 5.30. The first-order valence-electron chi connectivity index (χ1n) is 8.12. The van der Waals surface area contributed by atoms with Gasteiger partial charge in [0.1, 0.15) is 5.82 Å². The second-order valence-corrected chi connectivity index (χ2v) is 6.03. The number of hydrogen-bond acceptors (Lipinski definition) is 4. The van der Waals surface area contributed by atoms with Gasteiger partial charge in [-0.25, -0.2) is 9.97 Å². The van der Waals surface area contributed by atoms with E-state index in [1.165, 1.54) is 32.1 Å². The van der Waals surface area contributed by atoms with Crippen molar-refractivity contribution in [3.63, 3.8) is 0 Å². The Bertz CT molecular complexity index is 591. The van der Waals surface area contributed by atoms with Crippen LogP contribution < -0.4 is 10.6 Å². The summed E-state index contributed by atoms with van der Waals surface area (Å²) in [6, 6.07) is 0.498. The Kier molecular flexibility index (Phi) is 4.27. The van der Waals surface area contributed by atoms with E-state index < -0.39 is 0 Å². The van der Waals surface area contributed by atoms with Crippen molar-refractivity contribution in [1.29, 1.82) is 0 Å². The van der Waals surface area contributed by atoms with Crippen LogP contribution in [-0.4, -0.2) is 27.0 Å². The van der Waals surface area contributed by atoms with Crippen molar-refractivity contribution in [3.05, 3.63) is 18.6 Å². The van der Waals surface area contributed by atoms with Crippen LogP contribution in [0.1, 0.15) is 46.0 Å². The highest BCUT2D eigenvalue weighted by Gasteiger charge is 2.21. The molecule has 1 fully saturated rings. The van der Waals surface area contributed by atoms with E-state index in [1.807, 2.05) is 23.0 Å². The highest BCUT2D eigenvalue weighted by molar-refractivity contribution is 5.65. The van der Waals surface area contributed by atoms with Crippen LogP contribution in [0.4, 0.5) is 11.6 Å². The number of rotatable bonds is 4. The molecular weight excluding hydrogens is 262 g/mol. The van der Waals surface area contributed by atoms with Crippen LogP contribution in [0.25, 0.3) is 5.65 Å². The zero-order valence-corrected chi connectivity index (χ0v) is 13.0. The van der Waals surface area contributed by atoms with Crippen molar-refractivity contribution in [2.75, 3.05) is 17.2 Å². The standard InChI is InChI=1S/C16H25N5/c1-3-17-14-11-21-10-9-18-16(21)15(20-14)19-13-8-6-4-5-7-12(13)2/h9-13,17H,3-8H2,1-2H3,(H,19,20). The molecule has 0 aliphatic heterocycles. The second kappa shape index (κ2) is 6.33. The second-order valence-electron chi connectivity index (χ2n) is 6.03. The minimum absolute atomic E-state index is 0.498. The molecule has 21 heavy (non-hydrogen) atoms. The summed E-state index contributed by atoms with van der Waals surface area (Å²) in [5.41, 5.74) is 0.910. The Balaban J connectivity index is 1.89. The van der Waals surface area contributed by atoms with Gasteiger partial charge in [0.15, 0.2) is 11.5 Å². The van der Waals surface area contributed by atoms with Crippen molar-refractivity contribution in [3.8, 4) is 0 Å². The van der Waals surface area contributed by atoms with E-state index in [4.69, 9.17) is 4.98 Å². The SMILES string of the molecule is CCNc1cn2ccnc2c(NC2CCCCCC2C)n1. The molecule has 1 aliphatic carbocycles. The molecule has 2 aromatic rings. The van der Waals surface area contributed by atoms with Crippen LogP contribution in [-0.2, 0) is 0 Å². The van der Waals surface area contributed by atoms with Gasteiger partial charge in [-0.15, -0.1) is 0 Å². The fourth-order valence-corrected chi connectivity index (χ4v) is 3.18. The molecule has 1 saturated carbocycles. The number of nitrogens with zero attached hydrogens (tertiary/aromatic N) is 3. The van der Waals surface area contributed by atoms with Gasteiger partial charge < -0.3 is 15.0 Å². The Hall–Kier alpha value is -1.78. The first-order chi connectivity index (χ1) is 10.3. The van der Waals surface area contributed by atoms with Gasteiger partial charge in [-0.05, 0) is 25.7 Å². The average Bonchev–Trinajstić information content (AvgIpc) is 2.85. The number of imidazole rings is 1. The van der Waals surface area contributed by atoms with E-state index >= 15 is 0 Å². The minimum atomic E-state index is 0.498. The molecule has 3 rings (SSSR count). The number of aromatic nitrogens is 3. The van der Waals surface area contributed by atoms with E-state index in [1.54, 1.807) is 0 Å². The maximum atomic E-state index is 4.72. The highest BCUT2D eigenvalue weighted by atomic mass is 15.2. The quantitative estimate of drug-likeness (QED) is 0.845. The molecule has 5 heteroatoms. The van der Waals surface area contributed by atoms with Gasteiger partial charge in [0.05, 0.1) is 6.20 Å². The first-order valence-corrected chi connectivity index (χ1v) is 8.12. The summed E-state index contributed by atoms with van der Waals surface area (Å²) < 4.78 is 2.04. The molecule has 0 radical (unpaired) electrons. The number of anilines is 2. The molecule has 5 nitrogen and oxygen atoms in total. The van der Waals surface area contributed by atoms with Crippen molar-refractivity contribution >= 4 is 17.3 Å². The lowest BCUT2D eigenvalue weighted by Crippen LogP contribution is -2.27. The Labute approximate surface area is 126 Å². The van der Waals surface area contributed by atoms with Crippen LogP contribution in [0.2, 0.25) is 0 Å². The summed E-state index contributed by atoms with van der Waals surface area (Å²) in [6.07, 6.45) is 12.3. The van der Waals surface area contributed by atoms with E-state index in [0.717, 1.165) is 23.8 Å². The van der Waals surface area contributed by atoms with Gasteiger partial charge in [0, 0.05) is 25.0 Å². The normalized spacial score (nSPS) is 23.0. The average molecular weight is 287 g/mol. The summed E-state index contributed by atoms with van der Waals surface area (Å²) in [7, 11) is 0. The lowest BCUT2D eigenvalue weighted by atomic mass is 9.97. The maximum Gasteiger partial charge on any atom is 0.180 e. The zero-order chi connectivity index (χ0) is 14.7. The molecule has 2 atom stereocenters. The summed E-state index contributed by atoms with van der Waals surface area (Å²) >= 11 is 0. The predicted octanol–water partition coefficient (Wildman–Crippen LogP) is 3.54. The van der Waals surface area contributed by atoms with Gasteiger partial charge >= 0.3 is 0 Å². The first kappa shape index (κ1) is 14.2. The van der Waals surface area contributed by atoms with Crippen LogP contribution in [0.5, 0.6) is 0 Å². The van der Waals surface area contributed by atoms with Crippen LogP contribution in [0.15, 0.2) is 18.6 Å². The molecule has 0 saturated heterocycles. The van der Waals surface area contributed by atoms with E-state index in [9.17, 15) is 0 Å². The van der Waals surface area contributed by atoms with Gasteiger partial charge in [0.2, 0.25) is 0 Å². The number of fused-ring (bicyclic) bond motifs is 1. The lowest BCUT2D eigenvalue weighted by molar-refractivity contribution is 0.456. The van der Waals surface area contributed by atoms with Crippen LogP contribution >= 0.6 is 0 Å².